The monoisotopic (exact) mass is 372 g/mol. The third kappa shape index (κ3) is 3.27. The smallest absolute Gasteiger partial charge is 0.262 e. The maximum Gasteiger partial charge on any atom is 0.262 e. The zero-order valence-electron chi connectivity index (χ0n) is 12.8. The molecule has 0 radical (unpaired) electrons. The summed E-state index contributed by atoms with van der Waals surface area (Å²) in [6.45, 7) is 3.95. The predicted molar refractivity (Wildman–Crippen MR) is 95.4 cm³/mol. The van der Waals surface area contributed by atoms with Crippen molar-refractivity contribution >= 4 is 50.0 Å². The number of hydrogen-bond acceptors (Lipinski definition) is 4. The summed E-state index contributed by atoms with van der Waals surface area (Å²) in [7, 11) is -3.06. The van der Waals surface area contributed by atoms with Crippen LogP contribution < -0.4 is 4.90 Å². The maximum absolute atomic E-state index is 12.0. The van der Waals surface area contributed by atoms with E-state index in [0.717, 1.165) is 16.8 Å². The van der Waals surface area contributed by atoms with Gasteiger partial charge in [-0.1, -0.05) is 23.9 Å². The van der Waals surface area contributed by atoms with Gasteiger partial charge in [-0.25, -0.2) is 8.42 Å². The number of carbonyl (C=O) groups is 1. The SMILES string of the molecule is Cc1ccc(C)c(N2C(=NC(=O)CCl)S[C@H]3CS(=O)(=O)C[C@H]32)c1. The number of nitrogens with zero attached hydrogens (tertiary/aromatic N) is 2. The molecule has 2 fully saturated rings. The lowest BCUT2D eigenvalue weighted by molar-refractivity contribution is -0.115. The number of thioether (sulfide) groups is 1. The third-order valence-corrected chi connectivity index (χ3v) is 7.46. The lowest BCUT2D eigenvalue weighted by Gasteiger charge is -2.26. The molecule has 2 aliphatic rings. The molecule has 8 heteroatoms. The van der Waals surface area contributed by atoms with Crippen LogP contribution in [0, 0.1) is 13.8 Å². The van der Waals surface area contributed by atoms with E-state index in [4.69, 9.17) is 11.6 Å². The van der Waals surface area contributed by atoms with Gasteiger partial charge in [0.1, 0.15) is 5.88 Å². The highest BCUT2D eigenvalue weighted by molar-refractivity contribution is 8.16. The average Bonchev–Trinajstić information content (AvgIpc) is 2.92. The van der Waals surface area contributed by atoms with Crippen molar-refractivity contribution in [3.63, 3.8) is 0 Å². The Balaban J connectivity index is 2.08. The fourth-order valence-electron chi connectivity index (χ4n) is 2.96. The van der Waals surface area contributed by atoms with E-state index in [9.17, 15) is 13.2 Å². The van der Waals surface area contributed by atoms with Crippen LogP contribution in [-0.4, -0.2) is 48.2 Å². The number of amidine groups is 1. The summed E-state index contributed by atoms with van der Waals surface area (Å²) in [6, 6.07) is 5.82. The quantitative estimate of drug-likeness (QED) is 0.744. The largest absolute Gasteiger partial charge is 0.315 e. The number of carbonyl (C=O) groups excluding carboxylic acids is 1. The van der Waals surface area contributed by atoms with Gasteiger partial charge in [-0.05, 0) is 31.0 Å². The minimum atomic E-state index is -3.06. The summed E-state index contributed by atoms with van der Waals surface area (Å²) in [5, 5.41) is 0.455. The van der Waals surface area contributed by atoms with E-state index >= 15 is 0 Å². The van der Waals surface area contributed by atoms with Gasteiger partial charge in [-0.2, -0.15) is 4.99 Å². The highest BCUT2D eigenvalue weighted by Gasteiger charge is 2.49. The van der Waals surface area contributed by atoms with E-state index in [1.807, 2.05) is 36.9 Å². The van der Waals surface area contributed by atoms with Gasteiger partial charge in [0.2, 0.25) is 0 Å². The number of alkyl halides is 1. The van der Waals surface area contributed by atoms with E-state index in [-0.39, 0.29) is 28.7 Å². The topological polar surface area (TPSA) is 66.8 Å². The molecule has 0 N–H and O–H groups in total. The number of benzene rings is 1. The minimum Gasteiger partial charge on any atom is -0.315 e. The second-order valence-corrected chi connectivity index (χ2v) is 9.51. The Labute approximate surface area is 145 Å². The first-order chi connectivity index (χ1) is 10.8. The van der Waals surface area contributed by atoms with Crippen molar-refractivity contribution in [3.8, 4) is 0 Å². The second kappa shape index (κ2) is 6.11. The van der Waals surface area contributed by atoms with E-state index in [2.05, 4.69) is 4.99 Å². The molecule has 5 nitrogen and oxygen atoms in total. The van der Waals surface area contributed by atoms with Gasteiger partial charge in [0, 0.05) is 10.9 Å². The van der Waals surface area contributed by atoms with Gasteiger partial charge in [-0.3, -0.25) is 4.79 Å². The zero-order valence-corrected chi connectivity index (χ0v) is 15.2. The number of hydrogen-bond donors (Lipinski definition) is 0. The summed E-state index contributed by atoms with van der Waals surface area (Å²) in [4.78, 5) is 17.7. The van der Waals surface area contributed by atoms with Crippen molar-refractivity contribution in [1.82, 2.24) is 0 Å². The van der Waals surface area contributed by atoms with Crippen LogP contribution in [0.1, 0.15) is 11.1 Å². The number of anilines is 1. The lowest BCUT2D eigenvalue weighted by atomic mass is 10.1. The van der Waals surface area contributed by atoms with Gasteiger partial charge in [0.05, 0.1) is 17.5 Å². The number of rotatable bonds is 2. The number of aryl methyl sites for hydroxylation is 2. The van der Waals surface area contributed by atoms with E-state index in [1.165, 1.54) is 11.8 Å². The predicted octanol–water partition coefficient (Wildman–Crippen LogP) is 2.14. The molecule has 1 aromatic rings. The molecule has 0 unspecified atom stereocenters. The summed E-state index contributed by atoms with van der Waals surface area (Å²) in [6.07, 6.45) is 0. The first kappa shape index (κ1) is 16.8. The highest BCUT2D eigenvalue weighted by atomic mass is 35.5. The fraction of sp³-hybridized carbons (Fsp3) is 0.467. The van der Waals surface area contributed by atoms with Crippen molar-refractivity contribution in [3.05, 3.63) is 29.3 Å². The molecule has 0 spiro atoms. The normalized spacial score (nSPS) is 27.4. The number of halogens is 1. The van der Waals surface area contributed by atoms with Crippen LogP contribution in [0.4, 0.5) is 5.69 Å². The first-order valence-corrected chi connectivity index (χ1v) is 10.5. The Morgan fingerprint density at radius 2 is 2.13 bits per heavy atom. The molecule has 0 aliphatic carbocycles. The van der Waals surface area contributed by atoms with Crippen molar-refractivity contribution in [2.24, 2.45) is 4.99 Å². The molecule has 1 amide bonds. The second-order valence-electron chi connectivity index (χ2n) is 5.88. The molecular weight excluding hydrogens is 356 g/mol. The zero-order chi connectivity index (χ0) is 16.8. The Morgan fingerprint density at radius 1 is 1.39 bits per heavy atom. The van der Waals surface area contributed by atoms with Crippen molar-refractivity contribution in [1.29, 1.82) is 0 Å². The Bertz CT molecular complexity index is 792. The van der Waals surface area contributed by atoms with E-state index < -0.39 is 15.7 Å². The van der Waals surface area contributed by atoms with Crippen LogP contribution in [0.15, 0.2) is 23.2 Å². The first-order valence-electron chi connectivity index (χ1n) is 7.22. The molecule has 0 saturated carbocycles. The molecule has 2 saturated heterocycles. The van der Waals surface area contributed by atoms with Crippen molar-refractivity contribution in [2.75, 3.05) is 22.3 Å². The Morgan fingerprint density at radius 3 is 2.83 bits per heavy atom. The summed E-state index contributed by atoms with van der Waals surface area (Å²) in [5.41, 5.74) is 3.00. The average molecular weight is 373 g/mol. The molecule has 3 rings (SSSR count). The van der Waals surface area contributed by atoms with Gasteiger partial charge >= 0.3 is 0 Å². The standard InChI is InChI=1S/C15H17ClN2O3S2/c1-9-3-4-10(2)11(5-9)18-12-7-23(20,21)8-13(12)22-15(18)17-14(19)6-16/h3-5,12-13H,6-8H2,1-2H3/t12-,13+/m1/s1. The van der Waals surface area contributed by atoms with Crippen LogP contribution in [0.3, 0.4) is 0 Å². The van der Waals surface area contributed by atoms with Crippen LogP contribution in [0.2, 0.25) is 0 Å². The number of fused-ring (bicyclic) bond motifs is 1. The van der Waals surface area contributed by atoms with E-state index in [0.29, 0.717) is 5.17 Å². The molecule has 23 heavy (non-hydrogen) atoms. The molecule has 2 atom stereocenters. The fourth-order valence-corrected chi connectivity index (χ4v) is 6.95. The molecule has 2 heterocycles. The van der Waals surface area contributed by atoms with Gasteiger partial charge in [0.25, 0.3) is 5.91 Å². The maximum atomic E-state index is 12.0. The van der Waals surface area contributed by atoms with Gasteiger partial charge < -0.3 is 4.90 Å². The van der Waals surface area contributed by atoms with Crippen LogP contribution >= 0.6 is 23.4 Å². The van der Waals surface area contributed by atoms with Crippen LogP contribution in [0.25, 0.3) is 0 Å². The molecule has 124 valence electrons. The molecule has 2 aliphatic heterocycles. The molecule has 1 aromatic carbocycles. The van der Waals surface area contributed by atoms with Crippen molar-refractivity contribution < 1.29 is 13.2 Å². The van der Waals surface area contributed by atoms with Crippen molar-refractivity contribution in [2.45, 2.75) is 25.1 Å². The Kier molecular flexibility index (Phi) is 4.46. The summed E-state index contributed by atoms with van der Waals surface area (Å²) in [5.74, 6) is -0.380. The minimum absolute atomic E-state index is 0.0894. The summed E-state index contributed by atoms with van der Waals surface area (Å²) < 4.78 is 24.0. The molecule has 0 bridgehead atoms. The number of sulfone groups is 1. The number of aliphatic imine (C=N–C) groups is 1. The van der Waals surface area contributed by atoms with Gasteiger partial charge in [0.15, 0.2) is 15.0 Å². The van der Waals surface area contributed by atoms with Crippen LogP contribution in [-0.2, 0) is 14.6 Å². The Hall–Kier alpha value is -1.05. The van der Waals surface area contributed by atoms with E-state index in [1.54, 1.807) is 0 Å². The molecular formula is C15H17ClN2O3S2. The summed E-state index contributed by atoms with van der Waals surface area (Å²) >= 11 is 6.93. The number of amides is 1. The van der Waals surface area contributed by atoms with Gasteiger partial charge in [-0.15, -0.1) is 11.6 Å². The molecule has 0 aromatic heterocycles. The van der Waals surface area contributed by atoms with Crippen LogP contribution in [0.5, 0.6) is 0 Å². The lowest BCUT2D eigenvalue weighted by Crippen LogP contribution is -2.38. The third-order valence-electron chi connectivity index (χ3n) is 4.03. The highest BCUT2D eigenvalue weighted by Crippen LogP contribution is 2.42.